The Kier molecular flexibility index (Phi) is 9.62. The summed E-state index contributed by atoms with van der Waals surface area (Å²) in [4.78, 5) is 12.8. The van der Waals surface area contributed by atoms with Gasteiger partial charge in [-0.15, -0.1) is 11.8 Å². The topological polar surface area (TPSA) is 41.5 Å². The zero-order valence-corrected chi connectivity index (χ0v) is 13.9. The van der Waals surface area contributed by atoms with Crippen molar-refractivity contribution in [1.82, 2.24) is 5.43 Å². The number of rotatable bonds is 10. The normalized spacial score (nSPS) is 11.0. The second-order valence-corrected chi connectivity index (χ2v) is 5.96. The minimum absolute atomic E-state index is 0.00229. The molecule has 0 unspecified atom stereocenters. The number of carbonyl (C=O) groups excluding carboxylic acids is 1. The average Bonchev–Trinajstić information content (AvgIpc) is 2.51. The van der Waals surface area contributed by atoms with Crippen LogP contribution in [0.5, 0.6) is 0 Å². The highest BCUT2D eigenvalue weighted by Crippen LogP contribution is 2.13. The van der Waals surface area contributed by atoms with E-state index < -0.39 is 0 Å². The third-order valence-electron chi connectivity index (χ3n) is 3.28. The largest absolute Gasteiger partial charge is 0.273 e. The molecule has 0 saturated heterocycles. The molecular weight excluding hydrogens is 280 g/mol. The van der Waals surface area contributed by atoms with Crippen LogP contribution in [0.4, 0.5) is 0 Å². The van der Waals surface area contributed by atoms with Gasteiger partial charge in [0.25, 0.3) is 0 Å². The first-order valence-electron chi connectivity index (χ1n) is 7.72. The van der Waals surface area contributed by atoms with Gasteiger partial charge in [0.2, 0.25) is 5.91 Å². The van der Waals surface area contributed by atoms with Crippen molar-refractivity contribution in [3.8, 4) is 0 Å². The summed E-state index contributed by atoms with van der Waals surface area (Å²) < 4.78 is 0. The fourth-order valence-corrected chi connectivity index (χ4v) is 2.40. The number of thioether (sulfide) groups is 1. The van der Waals surface area contributed by atoms with Gasteiger partial charge in [0.1, 0.15) is 0 Å². The van der Waals surface area contributed by atoms with Crippen LogP contribution >= 0.6 is 11.8 Å². The molecule has 0 saturated carbocycles. The molecule has 3 nitrogen and oxygen atoms in total. The molecule has 0 heterocycles. The Hall–Kier alpha value is -1.29. The van der Waals surface area contributed by atoms with Gasteiger partial charge in [-0.05, 0) is 30.4 Å². The van der Waals surface area contributed by atoms with E-state index >= 15 is 0 Å². The molecule has 0 aliphatic heterocycles. The van der Waals surface area contributed by atoms with Crippen LogP contribution in [-0.2, 0) is 4.79 Å². The molecule has 0 aliphatic rings. The van der Waals surface area contributed by atoms with E-state index in [0.29, 0.717) is 6.42 Å². The van der Waals surface area contributed by atoms with Crippen molar-refractivity contribution in [2.45, 2.75) is 56.8 Å². The molecule has 0 bridgehead atoms. The number of amides is 1. The Morgan fingerprint density at radius 2 is 1.81 bits per heavy atom. The van der Waals surface area contributed by atoms with Gasteiger partial charge in [0.05, 0.1) is 6.21 Å². The van der Waals surface area contributed by atoms with Crippen molar-refractivity contribution < 1.29 is 4.79 Å². The fourth-order valence-electron chi connectivity index (χ4n) is 1.99. The van der Waals surface area contributed by atoms with Gasteiger partial charge < -0.3 is 0 Å². The van der Waals surface area contributed by atoms with E-state index in [9.17, 15) is 4.79 Å². The first-order chi connectivity index (χ1) is 10.3. The molecule has 1 aromatic rings. The van der Waals surface area contributed by atoms with E-state index in [1.165, 1.54) is 30.6 Å². The lowest BCUT2D eigenvalue weighted by atomic mass is 10.1. The van der Waals surface area contributed by atoms with Gasteiger partial charge in [-0.2, -0.15) is 5.10 Å². The Morgan fingerprint density at radius 1 is 1.14 bits per heavy atom. The van der Waals surface area contributed by atoms with Gasteiger partial charge >= 0.3 is 0 Å². The third-order valence-corrected chi connectivity index (χ3v) is 4.02. The summed E-state index contributed by atoms with van der Waals surface area (Å²) in [5.74, 6) is 0.00229. The lowest BCUT2D eigenvalue weighted by Gasteiger charge is -2.01. The summed E-state index contributed by atoms with van der Waals surface area (Å²) in [6, 6.07) is 8.08. The summed E-state index contributed by atoms with van der Waals surface area (Å²) in [5.41, 5.74) is 3.58. The van der Waals surface area contributed by atoms with Gasteiger partial charge in [0.15, 0.2) is 0 Å². The number of hydrazone groups is 1. The molecule has 1 aromatic carbocycles. The van der Waals surface area contributed by atoms with Crippen LogP contribution < -0.4 is 5.43 Å². The molecule has 0 radical (unpaired) electrons. The second-order valence-electron chi connectivity index (χ2n) is 5.08. The number of benzene rings is 1. The second kappa shape index (κ2) is 11.4. The van der Waals surface area contributed by atoms with E-state index in [0.717, 1.165) is 18.4 Å². The van der Waals surface area contributed by atoms with Crippen molar-refractivity contribution in [2.75, 3.05) is 6.26 Å². The van der Waals surface area contributed by atoms with E-state index in [2.05, 4.69) is 17.5 Å². The van der Waals surface area contributed by atoms with Crippen LogP contribution in [0.15, 0.2) is 34.3 Å². The van der Waals surface area contributed by atoms with Crippen molar-refractivity contribution in [3.63, 3.8) is 0 Å². The number of unbranched alkanes of at least 4 members (excludes halogenated alkanes) is 5. The molecule has 0 aliphatic carbocycles. The number of hydrogen-bond donors (Lipinski definition) is 1. The van der Waals surface area contributed by atoms with Gasteiger partial charge in [-0.1, -0.05) is 51.2 Å². The Morgan fingerprint density at radius 3 is 2.48 bits per heavy atom. The summed E-state index contributed by atoms with van der Waals surface area (Å²) in [6.45, 7) is 2.21. The summed E-state index contributed by atoms with van der Waals surface area (Å²) in [6.07, 6.45) is 11.4. The Bertz CT molecular complexity index is 429. The van der Waals surface area contributed by atoms with Crippen LogP contribution in [0.3, 0.4) is 0 Å². The first-order valence-corrected chi connectivity index (χ1v) is 8.94. The van der Waals surface area contributed by atoms with Crippen LogP contribution in [0.1, 0.15) is 57.4 Å². The fraction of sp³-hybridized carbons (Fsp3) is 0.529. The molecule has 0 fully saturated rings. The maximum Gasteiger partial charge on any atom is 0.240 e. The van der Waals surface area contributed by atoms with Crippen LogP contribution in [0.2, 0.25) is 0 Å². The highest BCUT2D eigenvalue weighted by atomic mass is 32.2. The highest BCUT2D eigenvalue weighted by molar-refractivity contribution is 7.98. The number of nitrogens with one attached hydrogen (secondary N) is 1. The van der Waals surface area contributed by atoms with Crippen LogP contribution in [0.25, 0.3) is 0 Å². The molecule has 0 aromatic heterocycles. The zero-order chi connectivity index (χ0) is 15.3. The molecule has 0 atom stereocenters. The molecule has 1 amide bonds. The van der Waals surface area contributed by atoms with E-state index in [1.54, 1.807) is 18.0 Å². The third kappa shape index (κ3) is 8.56. The van der Waals surface area contributed by atoms with Gasteiger partial charge in [-0.3, -0.25) is 4.79 Å². The monoisotopic (exact) mass is 306 g/mol. The summed E-state index contributed by atoms with van der Waals surface area (Å²) in [7, 11) is 0. The zero-order valence-electron chi connectivity index (χ0n) is 13.1. The maximum absolute atomic E-state index is 11.6. The Balaban J connectivity index is 2.15. The molecule has 1 N–H and O–H groups in total. The van der Waals surface area contributed by atoms with Crippen molar-refractivity contribution >= 4 is 23.9 Å². The highest BCUT2D eigenvalue weighted by Gasteiger charge is 1.99. The van der Waals surface area contributed by atoms with Crippen molar-refractivity contribution in [3.05, 3.63) is 29.8 Å². The lowest BCUT2D eigenvalue weighted by molar-refractivity contribution is -0.121. The van der Waals surface area contributed by atoms with E-state index in [1.807, 2.05) is 30.5 Å². The van der Waals surface area contributed by atoms with Crippen molar-refractivity contribution in [2.24, 2.45) is 5.10 Å². The number of nitrogens with zero attached hydrogens (tertiary/aromatic N) is 1. The lowest BCUT2D eigenvalue weighted by Crippen LogP contribution is -2.16. The minimum Gasteiger partial charge on any atom is -0.273 e. The maximum atomic E-state index is 11.6. The molecule has 21 heavy (non-hydrogen) atoms. The minimum atomic E-state index is 0.00229. The van der Waals surface area contributed by atoms with E-state index in [4.69, 9.17) is 0 Å². The quantitative estimate of drug-likeness (QED) is 0.297. The predicted molar refractivity (Wildman–Crippen MR) is 92.0 cm³/mol. The van der Waals surface area contributed by atoms with Crippen LogP contribution in [0, 0.1) is 0 Å². The standard InChI is InChI=1S/C17H26N2OS/c1-3-4-5-6-7-8-9-17(20)19-18-14-15-10-12-16(21-2)13-11-15/h10-14H,3-9H2,1-2H3,(H,19,20)/b18-14+. The Labute approximate surface area is 132 Å². The molecule has 0 spiro atoms. The number of hydrogen-bond acceptors (Lipinski definition) is 3. The van der Waals surface area contributed by atoms with E-state index in [-0.39, 0.29) is 5.91 Å². The summed E-state index contributed by atoms with van der Waals surface area (Å²) >= 11 is 1.71. The molecule has 116 valence electrons. The smallest absolute Gasteiger partial charge is 0.240 e. The first kappa shape index (κ1) is 17.8. The summed E-state index contributed by atoms with van der Waals surface area (Å²) in [5, 5.41) is 3.99. The van der Waals surface area contributed by atoms with Gasteiger partial charge in [0, 0.05) is 11.3 Å². The average molecular weight is 306 g/mol. The van der Waals surface area contributed by atoms with Crippen LogP contribution in [-0.4, -0.2) is 18.4 Å². The SMILES string of the molecule is CCCCCCCCC(=O)N/N=C/c1ccc(SC)cc1. The molecule has 4 heteroatoms. The molecular formula is C17H26N2OS. The predicted octanol–water partition coefficient (Wildman–Crippen LogP) is 4.61. The number of carbonyl (C=O) groups is 1. The van der Waals surface area contributed by atoms with Crippen molar-refractivity contribution in [1.29, 1.82) is 0 Å². The van der Waals surface area contributed by atoms with Gasteiger partial charge in [-0.25, -0.2) is 5.43 Å². The molecule has 1 rings (SSSR count).